The van der Waals surface area contributed by atoms with Crippen LogP contribution in [0.15, 0.2) is 18.2 Å². The Hall–Kier alpha value is -0.850. The van der Waals surface area contributed by atoms with Gasteiger partial charge in [0.1, 0.15) is 0 Å². The van der Waals surface area contributed by atoms with Gasteiger partial charge in [0.05, 0.1) is 4.92 Å². The van der Waals surface area contributed by atoms with Crippen molar-refractivity contribution in [2.24, 2.45) is 0 Å². The van der Waals surface area contributed by atoms with Crippen molar-refractivity contribution in [3.63, 3.8) is 0 Å². The molecule has 1 aromatic rings. The van der Waals surface area contributed by atoms with Crippen LogP contribution in [0, 0.1) is 13.7 Å². The molecule has 0 unspecified atom stereocenters. The first-order valence-electron chi connectivity index (χ1n) is 5.72. The number of rotatable bonds is 3. The van der Waals surface area contributed by atoms with Crippen LogP contribution in [0.2, 0.25) is 0 Å². The molecule has 1 saturated carbocycles. The number of nitro groups is 1. The molecular formula is C12H15IN2O2. The van der Waals surface area contributed by atoms with Crippen molar-refractivity contribution in [3.8, 4) is 0 Å². The summed E-state index contributed by atoms with van der Waals surface area (Å²) in [5.74, 6) is 0. The molecule has 2 rings (SSSR count). The molecule has 0 aliphatic heterocycles. The van der Waals surface area contributed by atoms with E-state index >= 15 is 0 Å². The SMILES string of the molecule is CC1(Nc2ccc([N+](=O)[O-])cc2I)CCCC1. The first-order valence-corrected chi connectivity index (χ1v) is 6.80. The predicted molar refractivity (Wildman–Crippen MR) is 76.3 cm³/mol. The number of benzene rings is 1. The molecule has 0 atom stereocenters. The van der Waals surface area contributed by atoms with E-state index in [-0.39, 0.29) is 16.1 Å². The maximum absolute atomic E-state index is 10.7. The first kappa shape index (κ1) is 12.6. The zero-order chi connectivity index (χ0) is 12.5. The highest BCUT2D eigenvalue weighted by atomic mass is 127. The zero-order valence-corrected chi connectivity index (χ0v) is 11.9. The molecule has 5 heteroatoms. The van der Waals surface area contributed by atoms with Gasteiger partial charge in [-0.1, -0.05) is 12.8 Å². The van der Waals surface area contributed by atoms with Gasteiger partial charge < -0.3 is 5.32 Å². The van der Waals surface area contributed by atoms with Crippen molar-refractivity contribution < 1.29 is 4.92 Å². The second-order valence-corrected chi connectivity index (χ2v) is 5.98. The summed E-state index contributed by atoms with van der Waals surface area (Å²) in [4.78, 5) is 10.3. The van der Waals surface area contributed by atoms with Crippen molar-refractivity contribution in [2.45, 2.75) is 38.1 Å². The molecule has 0 radical (unpaired) electrons. The van der Waals surface area contributed by atoms with Crippen LogP contribution in [0.1, 0.15) is 32.6 Å². The first-order chi connectivity index (χ1) is 8.00. The smallest absolute Gasteiger partial charge is 0.270 e. The Morgan fingerprint density at radius 3 is 2.59 bits per heavy atom. The molecule has 0 bridgehead atoms. The molecule has 0 heterocycles. The third-order valence-corrected chi connectivity index (χ3v) is 4.20. The summed E-state index contributed by atoms with van der Waals surface area (Å²) < 4.78 is 0.907. The van der Waals surface area contributed by atoms with Crippen LogP contribution >= 0.6 is 22.6 Å². The van der Waals surface area contributed by atoms with Crippen LogP contribution in [0.3, 0.4) is 0 Å². The van der Waals surface area contributed by atoms with Crippen LogP contribution in [0.5, 0.6) is 0 Å². The monoisotopic (exact) mass is 346 g/mol. The van der Waals surface area contributed by atoms with Crippen molar-refractivity contribution >= 4 is 34.0 Å². The lowest BCUT2D eigenvalue weighted by Crippen LogP contribution is -2.31. The van der Waals surface area contributed by atoms with E-state index in [2.05, 4.69) is 34.8 Å². The standard InChI is InChI=1S/C12H15IN2O2/c1-12(6-2-3-7-12)14-11-5-4-9(15(16)17)8-10(11)13/h4-5,8,14H,2-3,6-7H2,1H3. The lowest BCUT2D eigenvalue weighted by molar-refractivity contribution is -0.384. The highest BCUT2D eigenvalue weighted by molar-refractivity contribution is 14.1. The summed E-state index contributed by atoms with van der Waals surface area (Å²) in [5.41, 5.74) is 1.30. The molecule has 1 N–H and O–H groups in total. The van der Waals surface area contributed by atoms with Gasteiger partial charge >= 0.3 is 0 Å². The number of anilines is 1. The predicted octanol–water partition coefficient (Wildman–Crippen LogP) is 3.94. The minimum Gasteiger partial charge on any atom is -0.379 e. The van der Waals surface area contributed by atoms with Crippen LogP contribution in [0.4, 0.5) is 11.4 Å². The van der Waals surface area contributed by atoms with E-state index in [1.165, 1.54) is 25.7 Å². The molecule has 0 saturated heterocycles. The fourth-order valence-corrected chi connectivity index (χ4v) is 2.96. The lowest BCUT2D eigenvalue weighted by atomic mass is 10.0. The third-order valence-electron chi connectivity index (χ3n) is 3.31. The summed E-state index contributed by atoms with van der Waals surface area (Å²) in [5, 5.41) is 14.2. The molecule has 92 valence electrons. The Labute approximate surface area is 114 Å². The van der Waals surface area contributed by atoms with E-state index in [1.54, 1.807) is 12.1 Å². The largest absolute Gasteiger partial charge is 0.379 e. The number of halogens is 1. The molecule has 1 aliphatic carbocycles. The van der Waals surface area contributed by atoms with E-state index in [1.807, 2.05) is 6.07 Å². The lowest BCUT2D eigenvalue weighted by Gasteiger charge is -2.27. The molecular weight excluding hydrogens is 331 g/mol. The van der Waals surface area contributed by atoms with Gasteiger partial charge in [-0.15, -0.1) is 0 Å². The van der Waals surface area contributed by atoms with Crippen LogP contribution in [-0.4, -0.2) is 10.5 Å². The second kappa shape index (κ2) is 4.80. The molecule has 0 aromatic heterocycles. The van der Waals surface area contributed by atoms with E-state index in [0.29, 0.717) is 0 Å². The Bertz CT molecular complexity index is 442. The summed E-state index contributed by atoms with van der Waals surface area (Å²) in [6, 6.07) is 4.98. The number of nitro benzene ring substituents is 1. The van der Waals surface area contributed by atoms with E-state index in [0.717, 1.165) is 9.26 Å². The summed E-state index contributed by atoms with van der Waals surface area (Å²) >= 11 is 2.15. The number of non-ortho nitro benzene ring substituents is 1. The fourth-order valence-electron chi connectivity index (χ4n) is 2.32. The highest BCUT2D eigenvalue weighted by Gasteiger charge is 2.28. The minimum absolute atomic E-state index is 0.149. The van der Waals surface area contributed by atoms with Gasteiger partial charge in [-0.05, 0) is 48.4 Å². The normalized spacial score (nSPS) is 18.0. The van der Waals surface area contributed by atoms with Crippen LogP contribution in [-0.2, 0) is 0 Å². The quantitative estimate of drug-likeness (QED) is 0.512. The molecule has 0 amide bonds. The zero-order valence-electron chi connectivity index (χ0n) is 9.70. The van der Waals surface area contributed by atoms with Crippen molar-refractivity contribution in [3.05, 3.63) is 31.9 Å². The summed E-state index contributed by atoms with van der Waals surface area (Å²) in [6.07, 6.45) is 4.85. The highest BCUT2D eigenvalue weighted by Crippen LogP contribution is 2.34. The van der Waals surface area contributed by atoms with E-state index in [9.17, 15) is 10.1 Å². The Kier molecular flexibility index (Phi) is 3.56. The number of hydrogen-bond donors (Lipinski definition) is 1. The van der Waals surface area contributed by atoms with Crippen molar-refractivity contribution in [1.82, 2.24) is 0 Å². The second-order valence-electron chi connectivity index (χ2n) is 4.81. The van der Waals surface area contributed by atoms with Crippen molar-refractivity contribution in [1.29, 1.82) is 0 Å². The molecule has 4 nitrogen and oxygen atoms in total. The minimum atomic E-state index is -0.358. The van der Waals surface area contributed by atoms with Gasteiger partial charge in [0, 0.05) is 26.9 Å². The third kappa shape index (κ3) is 2.88. The molecule has 1 fully saturated rings. The summed E-state index contributed by atoms with van der Waals surface area (Å²) in [6.45, 7) is 2.22. The van der Waals surface area contributed by atoms with Gasteiger partial charge in [-0.2, -0.15) is 0 Å². The van der Waals surface area contributed by atoms with E-state index < -0.39 is 0 Å². The van der Waals surface area contributed by atoms with Crippen LogP contribution < -0.4 is 5.32 Å². The Morgan fingerprint density at radius 1 is 1.41 bits per heavy atom. The average molecular weight is 346 g/mol. The number of nitrogens with one attached hydrogen (secondary N) is 1. The van der Waals surface area contributed by atoms with Crippen LogP contribution in [0.25, 0.3) is 0 Å². The molecule has 1 aromatic carbocycles. The fraction of sp³-hybridized carbons (Fsp3) is 0.500. The Balaban J connectivity index is 2.19. The van der Waals surface area contributed by atoms with Gasteiger partial charge in [-0.25, -0.2) is 0 Å². The average Bonchev–Trinajstić information content (AvgIpc) is 2.68. The topological polar surface area (TPSA) is 55.2 Å². The summed E-state index contributed by atoms with van der Waals surface area (Å²) in [7, 11) is 0. The number of nitrogens with zero attached hydrogens (tertiary/aromatic N) is 1. The van der Waals surface area contributed by atoms with Gasteiger partial charge in [0.2, 0.25) is 0 Å². The van der Waals surface area contributed by atoms with E-state index in [4.69, 9.17) is 0 Å². The molecule has 1 aliphatic rings. The van der Waals surface area contributed by atoms with Crippen molar-refractivity contribution in [2.75, 3.05) is 5.32 Å². The molecule has 0 spiro atoms. The maximum atomic E-state index is 10.7. The maximum Gasteiger partial charge on any atom is 0.270 e. The number of hydrogen-bond acceptors (Lipinski definition) is 3. The molecule has 17 heavy (non-hydrogen) atoms. The van der Waals surface area contributed by atoms with Gasteiger partial charge in [0.15, 0.2) is 0 Å². The van der Waals surface area contributed by atoms with Gasteiger partial charge in [-0.3, -0.25) is 10.1 Å². The van der Waals surface area contributed by atoms with Gasteiger partial charge in [0.25, 0.3) is 5.69 Å². The Morgan fingerprint density at radius 2 is 2.06 bits per heavy atom.